The Balaban J connectivity index is 1.42. The number of aryl methyl sites for hydroxylation is 1. The summed E-state index contributed by atoms with van der Waals surface area (Å²) in [7, 11) is -3.88. The number of rotatable bonds is 5. The number of anilines is 2. The van der Waals surface area contributed by atoms with E-state index in [1.165, 1.54) is 22.5 Å². The molecule has 0 bridgehead atoms. The summed E-state index contributed by atoms with van der Waals surface area (Å²) in [4.78, 5) is 13.0. The summed E-state index contributed by atoms with van der Waals surface area (Å²) in [6, 6.07) is 22.8. The number of benzene rings is 3. The van der Waals surface area contributed by atoms with Crippen molar-refractivity contribution < 1.29 is 13.2 Å². The summed E-state index contributed by atoms with van der Waals surface area (Å²) >= 11 is 6.28. The van der Waals surface area contributed by atoms with Crippen LogP contribution in [0.1, 0.15) is 22.3 Å². The predicted octanol–water partition coefficient (Wildman–Crippen LogP) is 4.92. The van der Waals surface area contributed by atoms with Gasteiger partial charge in [0.15, 0.2) is 5.82 Å². The van der Waals surface area contributed by atoms with Crippen LogP contribution in [-0.4, -0.2) is 30.7 Å². The molecule has 1 N–H and O–H groups in total. The Kier molecular flexibility index (Phi) is 5.85. The standard InChI is InChI=1S/C25H21ClN4O3S/c26-22-13-12-20(34(32,33)30-15-6-8-18-7-4-5-11-23(18)30)17-21(22)25(31)27-24-14-16-29(28-24)19-9-2-1-3-10-19/h1-5,7,9-14,16-17H,6,8,15H2,(H,27,28,31). The third-order valence-electron chi connectivity index (χ3n) is 5.69. The van der Waals surface area contributed by atoms with E-state index in [-0.39, 0.29) is 15.5 Å². The van der Waals surface area contributed by atoms with Crippen LogP contribution in [0.5, 0.6) is 0 Å². The first-order valence-electron chi connectivity index (χ1n) is 10.8. The first-order valence-corrected chi connectivity index (χ1v) is 12.6. The Labute approximate surface area is 202 Å². The van der Waals surface area contributed by atoms with Crippen LogP contribution in [0.15, 0.2) is 90.0 Å². The molecule has 0 spiro atoms. The second-order valence-corrected chi connectivity index (χ2v) is 10.2. The second kappa shape index (κ2) is 8.96. The summed E-state index contributed by atoms with van der Waals surface area (Å²) in [5, 5.41) is 7.21. The Bertz CT molecular complexity index is 1470. The molecule has 1 amide bonds. The van der Waals surface area contributed by atoms with Crippen LogP contribution >= 0.6 is 11.6 Å². The van der Waals surface area contributed by atoms with E-state index in [9.17, 15) is 13.2 Å². The van der Waals surface area contributed by atoms with E-state index in [2.05, 4.69) is 10.4 Å². The third-order valence-corrected chi connectivity index (χ3v) is 7.83. The zero-order valence-electron chi connectivity index (χ0n) is 18.1. The normalized spacial score (nSPS) is 13.4. The molecule has 172 valence electrons. The molecule has 4 aromatic rings. The molecule has 0 atom stereocenters. The molecule has 1 aliphatic rings. The van der Waals surface area contributed by atoms with Crippen LogP contribution in [0, 0.1) is 0 Å². The van der Waals surface area contributed by atoms with Gasteiger partial charge in [0, 0.05) is 18.8 Å². The summed E-state index contributed by atoms with van der Waals surface area (Å²) in [6.45, 7) is 0.375. The number of aromatic nitrogens is 2. The largest absolute Gasteiger partial charge is 0.305 e. The number of carbonyl (C=O) groups is 1. The van der Waals surface area contributed by atoms with Crippen LogP contribution in [0.2, 0.25) is 5.02 Å². The van der Waals surface area contributed by atoms with Crippen molar-refractivity contribution >= 4 is 39.0 Å². The van der Waals surface area contributed by atoms with Gasteiger partial charge in [-0.15, -0.1) is 0 Å². The smallest absolute Gasteiger partial charge is 0.264 e. The molecule has 34 heavy (non-hydrogen) atoms. The van der Waals surface area contributed by atoms with Crippen molar-refractivity contribution in [2.45, 2.75) is 17.7 Å². The number of halogens is 1. The molecular weight excluding hydrogens is 472 g/mol. The minimum atomic E-state index is -3.88. The first kappa shape index (κ1) is 22.2. The van der Waals surface area contributed by atoms with Crippen molar-refractivity contribution in [3.63, 3.8) is 0 Å². The second-order valence-electron chi connectivity index (χ2n) is 7.89. The summed E-state index contributed by atoms with van der Waals surface area (Å²) < 4.78 is 30.0. The number of amides is 1. The Hall–Kier alpha value is -3.62. The molecule has 9 heteroatoms. The lowest BCUT2D eigenvalue weighted by Gasteiger charge is -2.30. The van der Waals surface area contributed by atoms with Gasteiger partial charge in [0.2, 0.25) is 0 Å². The molecule has 7 nitrogen and oxygen atoms in total. The molecule has 0 saturated carbocycles. The fourth-order valence-electron chi connectivity index (χ4n) is 4.01. The number of para-hydroxylation sites is 2. The lowest BCUT2D eigenvalue weighted by Crippen LogP contribution is -2.35. The third kappa shape index (κ3) is 4.18. The maximum Gasteiger partial charge on any atom is 0.264 e. The Morgan fingerprint density at radius 2 is 1.74 bits per heavy atom. The highest BCUT2D eigenvalue weighted by Crippen LogP contribution is 2.33. The lowest BCUT2D eigenvalue weighted by atomic mass is 10.0. The quantitative estimate of drug-likeness (QED) is 0.428. The molecule has 1 aromatic heterocycles. The molecule has 5 rings (SSSR count). The fourth-order valence-corrected chi connectivity index (χ4v) is 5.78. The molecule has 2 heterocycles. The van der Waals surface area contributed by atoms with Gasteiger partial charge in [0.05, 0.1) is 26.9 Å². The number of hydrogen-bond acceptors (Lipinski definition) is 4. The van der Waals surface area contributed by atoms with Crippen LogP contribution in [-0.2, 0) is 16.4 Å². The van der Waals surface area contributed by atoms with E-state index in [0.29, 0.717) is 18.1 Å². The molecule has 0 aliphatic carbocycles. The number of carbonyl (C=O) groups excluding carboxylic acids is 1. The minimum Gasteiger partial charge on any atom is -0.305 e. The number of sulfonamides is 1. The van der Waals surface area contributed by atoms with Crippen LogP contribution in [0.4, 0.5) is 11.5 Å². The molecule has 0 radical (unpaired) electrons. The summed E-state index contributed by atoms with van der Waals surface area (Å²) in [6.07, 6.45) is 3.27. The number of fused-ring (bicyclic) bond motifs is 1. The molecule has 3 aromatic carbocycles. The molecule has 1 aliphatic heterocycles. The van der Waals surface area contributed by atoms with Crippen molar-refractivity contribution in [1.29, 1.82) is 0 Å². The molecule has 0 fully saturated rings. The van der Waals surface area contributed by atoms with E-state index >= 15 is 0 Å². The van der Waals surface area contributed by atoms with E-state index in [0.717, 1.165) is 24.1 Å². The maximum atomic E-state index is 13.5. The van der Waals surface area contributed by atoms with E-state index in [4.69, 9.17) is 11.6 Å². The minimum absolute atomic E-state index is 0.00793. The first-order chi connectivity index (χ1) is 16.4. The van der Waals surface area contributed by atoms with Crippen LogP contribution < -0.4 is 9.62 Å². The molecule has 0 saturated heterocycles. The highest BCUT2D eigenvalue weighted by molar-refractivity contribution is 7.92. The molecule has 0 unspecified atom stereocenters. The van der Waals surface area contributed by atoms with Gasteiger partial charge in [-0.2, -0.15) is 5.10 Å². The average molecular weight is 493 g/mol. The van der Waals surface area contributed by atoms with Gasteiger partial charge in [0.25, 0.3) is 15.9 Å². The van der Waals surface area contributed by atoms with Crippen molar-refractivity contribution in [2.24, 2.45) is 0 Å². The van der Waals surface area contributed by atoms with Gasteiger partial charge in [-0.05, 0) is 54.8 Å². The highest BCUT2D eigenvalue weighted by Gasteiger charge is 2.30. The van der Waals surface area contributed by atoms with Crippen LogP contribution in [0.25, 0.3) is 5.69 Å². The Morgan fingerprint density at radius 1 is 0.971 bits per heavy atom. The molecular formula is C25H21ClN4O3S. The topological polar surface area (TPSA) is 84.3 Å². The van der Waals surface area contributed by atoms with Gasteiger partial charge >= 0.3 is 0 Å². The number of nitrogens with zero attached hydrogens (tertiary/aromatic N) is 3. The van der Waals surface area contributed by atoms with Crippen molar-refractivity contribution in [1.82, 2.24) is 9.78 Å². The van der Waals surface area contributed by atoms with Gasteiger partial charge in [0.1, 0.15) is 0 Å². The Morgan fingerprint density at radius 3 is 2.56 bits per heavy atom. The van der Waals surface area contributed by atoms with Gasteiger partial charge in [-0.3, -0.25) is 9.10 Å². The SMILES string of the molecule is O=C(Nc1ccn(-c2ccccc2)n1)c1cc(S(=O)(=O)N2CCCc3ccccc32)ccc1Cl. The fraction of sp³-hybridized carbons (Fsp3) is 0.120. The monoisotopic (exact) mass is 492 g/mol. The zero-order chi connectivity index (χ0) is 23.7. The van der Waals surface area contributed by atoms with Gasteiger partial charge in [-0.25, -0.2) is 13.1 Å². The summed E-state index contributed by atoms with van der Waals surface area (Å²) in [5.41, 5.74) is 2.55. The average Bonchev–Trinajstić information content (AvgIpc) is 3.32. The summed E-state index contributed by atoms with van der Waals surface area (Å²) in [5.74, 6) is -0.220. The zero-order valence-corrected chi connectivity index (χ0v) is 19.6. The lowest BCUT2D eigenvalue weighted by molar-refractivity contribution is 0.102. The number of nitrogens with one attached hydrogen (secondary N) is 1. The maximum absolute atomic E-state index is 13.5. The highest BCUT2D eigenvalue weighted by atomic mass is 35.5. The van der Waals surface area contributed by atoms with E-state index in [1.807, 2.05) is 48.5 Å². The van der Waals surface area contributed by atoms with Crippen molar-refractivity contribution in [3.05, 3.63) is 101 Å². The van der Waals surface area contributed by atoms with Gasteiger partial charge < -0.3 is 5.32 Å². The number of hydrogen-bond donors (Lipinski definition) is 1. The van der Waals surface area contributed by atoms with Crippen molar-refractivity contribution in [2.75, 3.05) is 16.2 Å². The van der Waals surface area contributed by atoms with E-state index < -0.39 is 15.9 Å². The predicted molar refractivity (Wildman–Crippen MR) is 132 cm³/mol. The van der Waals surface area contributed by atoms with E-state index in [1.54, 1.807) is 23.0 Å². The van der Waals surface area contributed by atoms with Gasteiger partial charge in [-0.1, -0.05) is 48.0 Å². The van der Waals surface area contributed by atoms with Crippen molar-refractivity contribution in [3.8, 4) is 5.69 Å². The van der Waals surface area contributed by atoms with Crippen LogP contribution in [0.3, 0.4) is 0 Å².